The van der Waals surface area contributed by atoms with E-state index < -0.39 is 0 Å². The molecule has 1 saturated carbocycles. The number of halogens is 1. The lowest BCUT2D eigenvalue weighted by Crippen LogP contribution is -2.27. The molecule has 3 unspecified atom stereocenters. The molecule has 1 heterocycles. The van der Waals surface area contributed by atoms with E-state index >= 15 is 0 Å². The van der Waals surface area contributed by atoms with Gasteiger partial charge in [0, 0.05) is 6.54 Å². The van der Waals surface area contributed by atoms with Crippen molar-refractivity contribution in [1.82, 2.24) is 15.2 Å². The number of rotatable bonds is 7. The van der Waals surface area contributed by atoms with Gasteiger partial charge >= 0.3 is 0 Å². The van der Waals surface area contributed by atoms with E-state index in [1.807, 2.05) is 7.05 Å². The van der Waals surface area contributed by atoms with E-state index in [4.69, 9.17) is 0 Å². The maximum atomic E-state index is 12.9. The minimum atomic E-state index is -0.279. The van der Waals surface area contributed by atoms with Crippen molar-refractivity contribution in [3.63, 3.8) is 0 Å². The average Bonchev–Trinajstić information content (AvgIpc) is 3.07. The third kappa shape index (κ3) is 4.25. The molecule has 0 bridgehead atoms. The minimum Gasteiger partial charge on any atom is -0.312 e. The lowest BCUT2D eigenvalue weighted by molar-refractivity contribution is 0.294. The van der Waals surface area contributed by atoms with Crippen LogP contribution in [0, 0.1) is 17.7 Å². The smallest absolute Gasteiger partial charge is 0.141 e. The quantitative estimate of drug-likeness (QED) is 0.821. The van der Waals surface area contributed by atoms with Crippen molar-refractivity contribution < 1.29 is 4.39 Å². The molecule has 0 radical (unpaired) electrons. The summed E-state index contributed by atoms with van der Waals surface area (Å²) >= 11 is 0. The van der Waals surface area contributed by atoms with E-state index in [0.717, 1.165) is 30.5 Å². The number of hydrogen-bond donors (Lipinski definition) is 1. The summed E-state index contributed by atoms with van der Waals surface area (Å²) in [6, 6.07) is 3.43. The molecule has 0 spiro atoms. The third-order valence-electron chi connectivity index (χ3n) is 4.08. The van der Waals surface area contributed by atoms with Crippen LogP contribution in [-0.2, 0) is 0 Å². The standard InChI is InChI=1S/C15H24FN3/c1-11-8-12(11)10-19(3)7-6-14(17-2)15-5-4-13(16)9-18-15/h4-5,9,11-12,14,17H,6-8,10H2,1-3H3. The molecule has 1 aromatic rings. The number of nitrogens with one attached hydrogen (secondary N) is 1. The van der Waals surface area contributed by atoms with Gasteiger partial charge in [0.1, 0.15) is 5.82 Å². The third-order valence-corrected chi connectivity index (χ3v) is 4.08. The molecular formula is C15H24FN3. The first-order chi connectivity index (χ1) is 9.10. The van der Waals surface area contributed by atoms with Gasteiger partial charge in [0.25, 0.3) is 0 Å². The Kier molecular flexibility index (Phi) is 4.88. The predicted molar refractivity (Wildman–Crippen MR) is 75.4 cm³/mol. The molecule has 3 atom stereocenters. The van der Waals surface area contributed by atoms with E-state index in [1.54, 1.807) is 6.07 Å². The second kappa shape index (κ2) is 6.44. The summed E-state index contributed by atoms with van der Waals surface area (Å²) < 4.78 is 12.9. The van der Waals surface area contributed by atoms with Crippen LogP contribution in [0.1, 0.15) is 31.5 Å². The Hall–Kier alpha value is -1.00. The maximum absolute atomic E-state index is 12.9. The first-order valence-corrected chi connectivity index (χ1v) is 7.07. The van der Waals surface area contributed by atoms with Gasteiger partial charge in [-0.15, -0.1) is 0 Å². The van der Waals surface area contributed by atoms with Crippen molar-refractivity contribution in [2.24, 2.45) is 11.8 Å². The van der Waals surface area contributed by atoms with Crippen molar-refractivity contribution in [3.8, 4) is 0 Å². The highest BCUT2D eigenvalue weighted by Crippen LogP contribution is 2.38. The van der Waals surface area contributed by atoms with Crippen LogP contribution in [-0.4, -0.2) is 37.1 Å². The zero-order chi connectivity index (χ0) is 13.8. The first-order valence-electron chi connectivity index (χ1n) is 7.07. The van der Waals surface area contributed by atoms with Crippen molar-refractivity contribution in [2.75, 3.05) is 27.2 Å². The second-order valence-electron chi connectivity index (χ2n) is 5.77. The summed E-state index contributed by atoms with van der Waals surface area (Å²) in [5.41, 5.74) is 0.914. The summed E-state index contributed by atoms with van der Waals surface area (Å²) in [7, 11) is 4.11. The summed E-state index contributed by atoms with van der Waals surface area (Å²) in [5, 5.41) is 3.26. The molecule has 19 heavy (non-hydrogen) atoms. The molecule has 0 saturated heterocycles. The molecule has 1 fully saturated rings. The van der Waals surface area contributed by atoms with Crippen molar-refractivity contribution in [3.05, 3.63) is 29.8 Å². The monoisotopic (exact) mass is 265 g/mol. The van der Waals surface area contributed by atoms with Crippen molar-refractivity contribution >= 4 is 0 Å². The summed E-state index contributed by atoms with van der Waals surface area (Å²) in [6.45, 7) is 4.54. The van der Waals surface area contributed by atoms with E-state index in [0.29, 0.717) is 0 Å². The molecule has 1 aliphatic carbocycles. The lowest BCUT2D eigenvalue weighted by atomic mass is 10.1. The molecule has 1 aliphatic rings. The average molecular weight is 265 g/mol. The Morgan fingerprint density at radius 3 is 2.79 bits per heavy atom. The van der Waals surface area contributed by atoms with E-state index in [-0.39, 0.29) is 11.9 Å². The summed E-state index contributed by atoms with van der Waals surface area (Å²) in [5.74, 6) is 1.52. The van der Waals surface area contributed by atoms with Crippen molar-refractivity contribution in [2.45, 2.75) is 25.8 Å². The number of aromatic nitrogens is 1. The molecule has 1 N–H and O–H groups in total. The Morgan fingerprint density at radius 2 is 2.26 bits per heavy atom. The molecule has 0 aromatic carbocycles. The zero-order valence-electron chi connectivity index (χ0n) is 12.1. The van der Waals surface area contributed by atoms with Gasteiger partial charge in [0.15, 0.2) is 0 Å². The first kappa shape index (κ1) is 14.4. The largest absolute Gasteiger partial charge is 0.312 e. The van der Waals surface area contributed by atoms with Gasteiger partial charge in [-0.05, 0) is 57.5 Å². The summed E-state index contributed by atoms with van der Waals surface area (Å²) in [4.78, 5) is 6.55. The molecule has 0 amide bonds. The number of hydrogen-bond acceptors (Lipinski definition) is 3. The SMILES string of the molecule is CNC(CCN(C)CC1CC1C)c1ccc(F)cn1. The van der Waals surface area contributed by atoms with Crippen LogP contribution in [0.3, 0.4) is 0 Å². The van der Waals surface area contributed by atoms with Crippen LogP contribution >= 0.6 is 0 Å². The molecular weight excluding hydrogens is 241 g/mol. The van der Waals surface area contributed by atoms with E-state index in [9.17, 15) is 4.39 Å². The van der Waals surface area contributed by atoms with Crippen LogP contribution in [0.4, 0.5) is 4.39 Å². The fourth-order valence-electron chi connectivity index (χ4n) is 2.53. The minimum absolute atomic E-state index is 0.194. The number of pyridine rings is 1. The molecule has 4 heteroatoms. The highest BCUT2D eigenvalue weighted by Gasteiger charge is 2.33. The normalized spacial score (nSPS) is 23.6. The van der Waals surface area contributed by atoms with Crippen LogP contribution in [0.25, 0.3) is 0 Å². The molecule has 0 aliphatic heterocycles. The van der Waals surface area contributed by atoms with Crippen molar-refractivity contribution in [1.29, 1.82) is 0 Å². The Balaban J connectivity index is 1.80. The van der Waals surface area contributed by atoms with Gasteiger partial charge in [-0.25, -0.2) is 4.39 Å². The molecule has 1 aromatic heterocycles. The summed E-state index contributed by atoms with van der Waals surface area (Å²) in [6.07, 6.45) is 3.65. The zero-order valence-corrected chi connectivity index (χ0v) is 12.1. The molecule has 3 nitrogen and oxygen atoms in total. The Bertz CT molecular complexity index is 393. The van der Waals surface area contributed by atoms with Crippen LogP contribution in [0.5, 0.6) is 0 Å². The van der Waals surface area contributed by atoms with Gasteiger partial charge in [-0.2, -0.15) is 0 Å². The fourth-order valence-corrected chi connectivity index (χ4v) is 2.53. The van der Waals surface area contributed by atoms with Gasteiger partial charge in [-0.3, -0.25) is 4.98 Å². The van der Waals surface area contributed by atoms with Gasteiger partial charge < -0.3 is 10.2 Å². The maximum Gasteiger partial charge on any atom is 0.141 e. The van der Waals surface area contributed by atoms with Gasteiger partial charge in [0.05, 0.1) is 17.9 Å². The highest BCUT2D eigenvalue weighted by atomic mass is 19.1. The predicted octanol–water partition coefficient (Wildman–Crippen LogP) is 2.46. The van der Waals surface area contributed by atoms with E-state index in [2.05, 4.69) is 29.2 Å². The number of nitrogens with zero attached hydrogens (tertiary/aromatic N) is 2. The highest BCUT2D eigenvalue weighted by molar-refractivity contribution is 5.09. The van der Waals surface area contributed by atoms with Crippen LogP contribution in [0.15, 0.2) is 18.3 Å². The fraction of sp³-hybridized carbons (Fsp3) is 0.667. The van der Waals surface area contributed by atoms with Crippen LogP contribution < -0.4 is 5.32 Å². The molecule has 106 valence electrons. The van der Waals surface area contributed by atoms with Gasteiger partial charge in [-0.1, -0.05) is 6.92 Å². The molecule has 2 rings (SSSR count). The lowest BCUT2D eigenvalue weighted by Gasteiger charge is -2.21. The van der Waals surface area contributed by atoms with E-state index in [1.165, 1.54) is 25.2 Å². The topological polar surface area (TPSA) is 28.2 Å². The Labute approximate surface area is 115 Å². The second-order valence-corrected chi connectivity index (χ2v) is 5.77. The van der Waals surface area contributed by atoms with Gasteiger partial charge in [0.2, 0.25) is 0 Å². The Morgan fingerprint density at radius 1 is 1.53 bits per heavy atom. The van der Waals surface area contributed by atoms with Crippen LogP contribution in [0.2, 0.25) is 0 Å².